The first kappa shape index (κ1) is 7.89. The van der Waals surface area contributed by atoms with Gasteiger partial charge in [0.15, 0.2) is 0 Å². The second-order valence-electron chi connectivity index (χ2n) is 2.73. The number of ether oxygens (including phenoxy) is 1. The lowest BCUT2D eigenvalue weighted by molar-refractivity contribution is 0.333. The lowest BCUT2D eigenvalue weighted by atomic mass is 10.1. The molecule has 1 aliphatic rings. The Morgan fingerprint density at radius 1 is 1.58 bits per heavy atom. The minimum Gasteiger partial charge on any atom is -0.506 e. The van der Waals surface area contributed by atoms with E-state index in [0.717, 1.165) is 0 Å². The Balaban J connectivity index is 2.63. The van der Waals surface area contributed by atoms with Crippen LogP contribution >= 0.6 is 15.9 Å². The Morgan fingerprint density at radius 3 is 3.08 bits per heavy atom. The first-order valence-corrected chi connectivity index (χ1v) is 4.39. The van der Waals surface area contributed by atoms with Crippen molar-refractivity contribution in [2.45, 2.75) is 6.04 Å². The van der Waals surface area contributed by atoms with E-state index in [2.05, 4.69) is 15.9 Å². The van der Waals surface area contributed by atoms with Crippen molar-refractivity contribution in [2.75, 3.05) is 6.61 Å². The third-order valence-corrected chi connectivity index (χ3v) is 2.56. The number of fused-ring (bicyclic) bond motifs is 1. The average Bonchev–Trinajstić information content (AvgIpc) is 2.41. The Hall–Kier alpha value is -0.740. The van der Waals surface area contributed by atoms with Crippen molar-refractivity contribution in [1.29, 1.82) is 0 Å². The van der Waals surface area contributed by atoms with Crippen molar-refractivity contribution < 1.29 is 9.84 Å². The van der Waals surface area contributed by atoms with E-state index in [4.69, 9.17) is 10.5 Å². The monoisotopic (exact) mass is 229 g/mol. The van der Waals surface area contributed by atoms with E-state index in [9.17, 15) is 5.11 Å². The SMILES string of the molecule is N[C@@H]1COc2ccc(Br)c(O)c21. The maximum absolute atomic E-state index is 9.58. The summed E-state index contributed by atoms with van der Waals surface area (Å²) >= 11 is 3.22. The van der Waals surface area contributed by atoms with E-state index in [1.54, 1.807) is 12.1 Å². The molecule has 64 valence electrons. The summed E-state index contributed by atoms with van der Waals surface area (Å²) in [7, 11) is 0. The van der Waals surface area contributed by atoms with Gasteiger partial charge in [0.05, 0.1) is 16.1 Å². The molecule has 3 N–H and O–H groups in total. The summed E-state index contributed by atoms with van der Waals surface area (Å²) in [6.45, 7) is 0.444. The molecular weight excluding hydrogens is 222 g/mol. The van der Waals surface area contributed by atoms with Crippen LogP contribution in [0.25, 0.3) is 0 Å². The topological polar surface area (TPSA) is 55.5 Å². The molecule has 0 saturated heterocycles. The molecule has 3 nitrogen and oxygen atoms in total. The van der Waals surface area contributed by atoms with Crippen LogP contribution in [0.15, 0.2) is 16.6 Å². The zero-order valence-corrected chi connectivity index (χ0v) is 7.84. The zero-order chi connectivity index (χ0) is 8.72. The first-order valence-electron chi connectivity index (χ1n) is 3.60. The number of aromatic hydroxyl groups is 1. The van der Waals surface area contributed by atoms with Crippen LogP contribution in [0.5, 0.6) is 11.5 Å². The fourth-order valence-corrected chi connectivity index (χ4v) is 1.66. The first-order chi connectivity index (χ1) is 5.70. The molecule has 1 heterocycles. The van der Waals surface area contributed by atoms with E-state index >= 15 is 0 Å². The summed E-state index contributed by atoms with van der Waals surface area (Å²) in [5.74, 6) is 0.876. The van der Waals surface area contributed by atoms with Crippen LogP contribution in [0.4, 0.5) is 0 Å². The van der Waals surface area contributed by atoms with Gasteiger partial charge in [0.1, 0.15) is 18.1 Å². The van der Waals surface area contributed by atoms with Crippen molar-refractivity contribution in [3.63, 3.8) is 0 Å². The largest absolute Gasteiger partial charge is 0.506 e. The van der Waals surface area contributed by atoms with E-state index in [1.807, 2.05) is 0 Å². The highest BCUT2D eigenvalue weighted by atomic mass is 79.9. The highest BCUT2D eigenvalue weighted by molar-refractivity contribution is 9.10. The van der Waals surface area contributed by atoms with Gasteiger partial charge in [-0.3, -0.25) is 0 Å². The lowest BCUT2D eigenvalue weighted by Gasteiger charge is -2.04. The van der Waals surface area contributed by atoms with Gasteiger partial charge in [-0.05, 0) is 28.1 Å². The zero-order valence-electron chi connectivity index (χ0n) is 6.25. The summed E-state index contributed by atoms with van der Waals surface area (Å²) in [5, 5.41) is 9.58. The molecule has 1 aromatic carbocycles. The van der Waals surface area contributed by atoms with E-state index < -0.39 is 0 Å². The summed E-state index contributed by atoms with van der Waals surface area (Å²) in [6.07, 6.45) is 0. The molecule has 4 heteroatoms. The van der Waals surface area contributed by atoms with Crippen LogP contribution in [0, 0.1) is 0 Å². The van der Waals surface area contributed by atoms with Gasteiger partial charge in [0.2, 0.25) is 0 Å². The van der Waals surface area contributed by atoms with Gasteiger partial charge in [-0.25, -0.2) is 0 Å². The number of hydrogen-bond donors (Lipinski definition) is 2. The fourth-order valence-electron chi connectivity index (χ4n) is 1.31. The summed E-state index contributed by atoms with van der Waals surface area (Å²) in [4.78, 5) is 0. The van der Waals surface area contributed by atoms with Gasteiger partial charge in [-0.1, -0.05) is 0 Å². The Morgan fingerprint density at radius 2 is 2.33 bits per heavy atom. The van der Waals surface area contributed by atoms with Gasteiger partial charge in [0.25, 0.3) is 0 Å². The second kappa shape index (κ2) is 2.64. The molecule has 0 fully saturated rings. The molecule has 1 aliphatic heterocycles. The van der Waals surface area contributed by atoms with Gasteiger partial charge in [0, 0.05) is 0 Å². The number of rotatable bonds is 0. The predicted molar refractivity (Wildman–Crippen MR) is 48.2 cm³/mol. The Labute approximate surface area is 78.3 Å². The number of phenolic OH excluding ortho intramolecular Hbond substituents is 1. The fraction of sp³-hybridized carbons (Fsp3) is 0.250. The molecule has 2 rings (SSSR count). The van der Waals surface area contributed by atoms with Crippen molar-refractivity contribution in [2.24, 2.45) is 5.73 Å². The predicted octanol–water partition coefficient (Wildman–Crippen LogP) is 1.55. The number of halogens is 1. The minimum atomic E-state index is -0.211. The van der Waals surface area contributed by atoms with Crippen molar-refractivity contribution in [1.82, 2.24) is 0 Å². The maximum atomic E-state index is 9.58. The smallest absolute Gasteiger partial charge is 0.138 e. The third-order valence-electron chi connectivity index (χ3n) is 1.92. The summed E-state index contributed by atoms with van der Waals surface area (Å²) in [6, 6.07) is 3.33. The van der Waals surface area contributed by atoms with E-state index in [-0.39, 0.29) is 11.8 Å². The van der Waals surface area contributed by atoms with Gasteiger partial charge in [-0.15, -0.1) is 0 Å². The summed E-state index contributed by atoms with van der Waals surface area (Å²) in [5.41, 5.74) is 6.41. The highest BCUT2D eigenvalue weighted by Gasteiger charge is 2.25. The number of hydrogen-bond acceptors (Lipinski definition) is 3. The molecular formula is C8H8BrNO2. The molecule has 0 aromatic heterocycles. The Bertz CT molecular complexity index is 327. The van der Waals surface area contributed by atoms with Gasteiger partial charge < -0.3 is 15.6 Å². The van der Waals surface area contributed by atoms with Crippen LogP contribution < -0.4 is 10.5 Å². The number of nitrogens with two attached hydrogens (primary N) is 1. The number of benzene rings is 1. The van der Waals surface area contributed by atoms with Crippen molar-refractivity contribution in [3.05, 3.63) is 22.2 Å². The highest BCUT2D eigenvalue weighted by Crippen LogP contribution is 2.41. The van der Waals surface area contributed by atoms with Crippen LogP contribution in [-0.4, -0.2) is 11.7 Å². The number of phenols is 1. The van der Waals surface area contributed by atoms with Crippen molar-refractivity contribution in [3.8, 4) is 11.5 Å². The molecule has 0 radical (unpaired) electrons. The molecule has 1 aromatic rings. The molecule has 1 atom stereocenters. The Kier molecular flexibility index (Phi) is 1.73. The van der Waals surface area contributed by atoms with E-state index in [1.165, 1.54) is 0 Å². The van der Waals surface area contributed by atoms with Crippen LogP contribution in [-0.2, 0) is 0 Å². The van der Waals surface area contributed by atoms with Crippen molar-refractivity contribution >= 4 is 15.9 Å². The van der Waals surface area contributed by atoms with Crippen LogP contribution in [0.2, 0.25) is 0 Å². The van der Waals surface area contributed by atoms with E-state index in [0.29, 0.717) is 22.4 Å². The van der Waals surface area contributed by atoms with Gasteiger partial charge in [-0.2, -0.15) is 0 Å². The van der Waals surface area contributed by atoms with Crippen LogP contribution in [0.3, 0.4) is 0 Å². The normalized spacial score (nSPS) is 20.3. The summed E-state index contributed by atoms with van der Waals surface area (Å²) < 4.78 is 5.90. The third kappa shape index (κ3) is 0.990. The standard InChI is InChI=1S/C8H8BrNO2/c9-4-1-2-6-7(8(4)11)5(10)3-12-6/h1-2,5,11H,3,10H2/t5-/m1/s1. The lowest BCUT2D eigenvalue weighted by Crippen LogP contribution is -2.10. The molecule has 0 unspecified atom stereocenters. The van der Waals surface area contributed by atoms with Gasteiger partial charge >= 0.3 is 0 Å². The maximum Gasteiger partial charge on any atom is 0.138 e. The quantitative estimate of drug-likeness (QED) is 0.710. The molecule has 0 spiro atoms. The molecule has 0 saturated carbocycles. The molecule has 0 amide bonds. The van der Waals surface area contributed by atoms with Crippen LogP contribution in [0.1, 0.15) is 11.6 Å². The molecule has 0 bridgehead atoms. The average molecular weight is 230 g/mol. The molecule has 12 heavy (non-hydrogen) atoms. The second-order valence-corrected chi connectivity index (χ2v) is 3.58. The molecule has 0 aliphatic carbocycles. The minimum absolute atomic E-state index is 0.192.